The lowest BCUT2D eigenvalue weighted by atomic mass is 10.2. The van der Waals surface area contributed by atoms with Crippen molar-refractivity contribution in [2.24, 2.45) is 0 Å². The van der Waals surface area contributed by atoms with Crippen molar-refractivity contribution in [3.8, 4) is 0 Å². The van der Waals surface area contributed by atoms with Crippen LogP contribution in [0.25, 0.3) is 11.0 Å². The van der Waals surface area contributed by atoms with Gasteiger partial charge in [0.2, 0.25) is 0 Å². The third kappa shape index (κ3) is 2.87. The Labute approximate surface area is 130 Å². The largest absolute Gasteiger partial charge is 0.457 e. The molecule has 0 radical (unpaired) electrons. The molecule has 3 aromatic rings. The van der Waals surface area contributed by atoms with Crippen molar-refractivity contribution >= 4 is 28.5 Å². The van der Waals surface area contributed by atoms with Crippen LogP contribution in [0.2, 0.25) is 5.02 Å². The van der Waals surface area contributed by atoms with Crippen LogP contribution in [0.5, 0.6) is 0 Å². The van der Waals surface area contributed by atoms with Crippen LogP contribution in [-0.2, 0) is 11.3 Å². The molecule has 0 atom stereocenters. The highest BCUT2D eigenvalue weighted by Crippen LogP contribution is 2.17. The third-order valence-electron chi connectivity index (χ3n) is 3.18. The van der Waals surface area contributed by atoms with E-state index in [9.17, 15) is 9.59 Å². The number of fused-ring (bicyclic) bond motifs is 1. The van der Waals surface area contributed by atoms with Gasteiger partial charge in [-0.1, -0.05) is 48.0 Å². The summed E-state index contributed by atoms with van der Waals surface area (Å²) in [5.41, 5.74) is 0.242. The lowest BCUT2D eigenvalue weighted by Crippen LogP contribution is -2.16. The average molecular weight is 315 g/mol. The van der Waals surface area contributed by atoms with Crippen LogP contribution >= 0.6 is 11.6 Å². The second-order valence-corrected chi connectivity index (χ2v) is 5.06. The minimum atomic E-state index is -0.737. The van der Waals surface area contributed by atoms with Crippen LogP contribution in [0.3, 0.4) is 0 Å². The summed E-state index contributed by atoms with van der Waals surface area (Å²) in [5, 5.41) is 1.16. The minimum Gasteiger partial charge on any atom is -0.457 e. The monoisotopic (exact) mass is 314 g/mol. The maximum absolute atomic E-state index is 12.1. The topological polar surface area (TPSA) is 56.5 Å². The molecule has 1 heterocycles. The van der Waals surface area contributed by atoms with Crippen molar-refractivity contribution in [3.63, 3.8) is 0 Å². The van der Waals surface area contributed by atoms with E-state index in [1.54, 1.807) is 48.5 Å². The van der Waals surface area contributed by atoms with E-state index < -0.39 is 11.6 Å². The van der Waals surface area contributed by atoms with Crippen molar-refractivity contribution in [1.29, 1.82) is 0 Å². The fraction of sp³-hybridized carbons (Fsp3) is 0.0588. The molecule has 0 saturated carbocycles. The fourth-order valence-corrected chi connectivity index (χ4v) is 2.23. The highest BCUT2D eigenvalue weighted by atomic mass is 35.5. The van der Waals surface area contributed by atoms with Gasteiger partial charge in [0.25, 0.3) is 0 Å². The number of rotatable bonds is 3. The van der Waals surface area contributed by atoms with Gasteiger partial charge < -0.3 is 9.15 Å². The maximum atomic E-state index is 12.1. The summed E-state index contributed by atoms with van der Waals surface area (Å²) in [6.07, 6.45) is 0. The first-order valence-corrected chi connectivity index (χ1v) is 6.96. The lowest BCUT2D eigenvalue weighted by Gasteiger charge is -2.06. The van der Waals surface area contributed by atoms with Gasteiger partial charge in [0.1, 0.15) is 17.8 Å². The number of benzene rings is 2. The molecule has 0 spiro atoms. The van der Waals surface area contributed by atoms with Crippen molar-refractivity contribution < 1.29 is 13.9 Å². The summed E-state index contributed by atoms with van der Waals surface area (Å²) < 4.78 is 10.2. The molecular weight excluding hydrogens is 304 g/mol. The predicted molar refractivity (Wildman–Crippen MR) is 83.1 cm³/mol. The molecule has 0 fully saturated rings. The molecule has 0 bridgehead atoms. The SMILES string of the molecule is O=C(OCc1ccccc1Cl)c1cc2ccccc2oc1=O. The van der Waals surface area contributed by atoms with E-state index >= 15 is 0 Å². The van der Waals surface area contributed by atoms with Crippen LogP contribution in [0.15, 0.2) is 63.8 Å². The van der Waals surface area contributed by atoms with Gasteiger partial charge in [0, 0.05) is 16.0 Å². The number of ether oxygens (including phenoxy) is 1. The van der Waals surface area contributed by atoms with Gasteiger partial charge in [0.05, 0.1) is 0 Å². The number of carbonyl (C=O) groups excluding carboxylic acids is 1. The van der Waals surface area contributed by atoms with E-state index in [1.807, 2.05) is 0 Å². The van der Waals surface area contributed by atoms with Crippen LogP contribution in [0, 0.1) is 0 Å². The fourth-order valence-electron chi connectivity index (χ4n) is 2.04. The van der Waals surface area contributed by atoms with Gasteiger partial charge in [0.15, 0.2) is 0 Å². The van der Waals surface area contributed by atoms with Crippen molar-refractivity contribution in [1.82, 2.24) is 0 Å². The van der Waals surface area contributed by atoms with Crippen LogP contribution in [-0.4, -0.2) is 5.97 Å². The minimum absolute atomic E-state index is 0.00915. The molecule has 0 aliphatic rings. The van der Waals surface area contributed by atoms with E-state index in [2.05, 4.69) is 0 Å². The van der Waals surface area contributed by atoms with Crippen LogP contribution in [0.4, 0.5) is 0 Å². The molecule has 0 aliphatic carbocycles. The number of para-hydroxylation sites is 1. The zero-order chi connectivity index (χ0) is 15.5. The summed E-state index contributed by atoms with van der Waals surface area (Å²) >= 11 is 5.99. The van der Waals surface area contributed by atoms with Gasteiger partial charge in [-0.2, -0.15) is 0 Å². The Kier molecular flexibility index (Phi) is 3.94. The first-order valence-electron chi connectivity index (χ1n) is 6.58. The molecule has 0 unspecified atom stereocenters. The Morgan fingerprint density at radius 1 is 1.09 bits per heavy atom. The number of hydrogen-bond donors (Lipinski definition) is 0. The second kappa shape index (κ2) is 6.03. The summed E-state index contributed by atoms with van der Waals surface area (Å²) in [6, 6.07) is 15.5. The molecule has 2 aromatic carbocycles. The smallest absolute Gasteiger partial charge is 0.351 e. The highest BCUT2D eigenvalue weighted by molar-refractivity contribution is 6.31. The van der Waals surface area contributed by atoms with Gasteiger partial charge in [-0.25, -0.2) is 9.59 Å². The van der Waals surface area contributed by atoms with Crippen molar-refractivity contribution in [3.05, 3.63) is 81.2 Å². The van der Waals surface area contributed by atoms with E-state index in [-0.39, 0.29) is 12.2 Å². The van der Waals surface area contributed by atoms with Crippen LogP contribution < -0.4 is 5.63 Å². The molecule has 110 valence electrons. The molecule has 5 heteroatoms. The van der Waals surface area contributed by atoms with E-state index in [0.29, 0.717) is 21.6 Å². The summed E-state index contributed by atoms with van der Waals surface area (Å²) in [7, 11) is 0. The number of carbonyl (C=O) groups is 1. The average Bonchev–Trinajstić information content (AvgIpc) is 2.53. The normalized spacial score (nSPS) is 10.6. The first kappa shape index (κ1) is 14.4. The van der Waals surface area contributed by atoms with E-state index in [1.165, 1.54) is 6.07 Å². The molecule has 0 aliphatic heterocycles. The Morgan fingerprint density at radius 2 is 1.82 bits per heavy atom. The van der Waals surface area contributed by atoms with Gasteiger partial charge >= 0.3 is 11.6 Å². The highest BCUT2D eigenvalue weighted by Gasteiger charge is 2.15. The zero-order valence-corrected chi connectivity index (χ0v) is 12.2. The Morgan fingerprint density at radius 3 is 2.64 bits per heavy atom. The molecule has 1 aromatic heterocycles. The van der Waals surface area contributed by atoms with E-state index in [0.717, 1.165) is 0 Å². The molecule has 0 saturated heterocycles. The predicted octanol–water partition coefficient (Wildman–Crippen LogP) is 3.80. The van der Waals surface area contributed by atoms with Gasteiger partial charge in [-0.15, -0.1) is 0 Å². The van der Waals surface area contributed by atoms with Crippen molar-refractivity contribution in [2.75, 3.05) is 0 Å². The molecule has 4 nitrogen and oxygen atoms in total. The van der Waals surface area contributed by atoms with Gasteiger partial charge in [-0.3, -0.25) is 0 Å². The number of esters is 1. The molecule has 3 rings (SSSR count). The summed E-state index contributed by atoms with van der Waals surface area (Å²) in [4.78, 5) is 23.9. The molecular formula is C17H11ClO4. The molecule has 22 heavy (non-hydrogen) atoms. The van der Waals surface area contributed by atoms with Gasteiger partial charge in [-0.05, 0) is 18.2 Å². The zero-order valence-electron chi connectivity index (χ0n) is 11.4. The first-order chi connectivity index (χ1) is 10.6. The molecule has 0 amide bonds. The Balaban J connectivity index is 1.85. The number of halogens is 1. The summed E-state index contributed by atoms with van der Waals surface area (Å²) in [6.45, 7) is -0.00915. The quantitative estimate of drug-likeness (QED) is 0.545. The van der Waals surface area contributed by atoms with Crippen LogP contribution in [0.1, 0.15) is 15.9 Å². The Hall–Kier alpha value is -2.59. The second-order valence-electron chi connectivity index (χ2n) is 4.65. The van der Waals surface area contributed by atoms with Crippen molar-refractivity contribution in [2.45, 2.75) is 6.61 Å². The molecule has 0 N–H and O–H groups in total. The number of hydrogen-bond acceptors (Lipinski definition) is 4. The standard InChI is InChI=1S/C17H11ClO4/c18-14-7-3-1-6-12(14)10-21-16(19)13-9-11-5-2-4-8-15(11)22-17(13)20/h1-9H,10H2. The summed E-state index contributed by atoms with van der Waals surface area (Å²) in [5.74, 6) is -0.737. The third-order valence-corrected chi connectivity index (χ3v) is 3.55. The van der Waals surface area contributed by atoms with E-state index in [4.69, 9.17) is 20.8 Å². The maximum Gasteiger partial charge on any atom is 0.351 e. The Bertz CT molecular complexity index is 898. The lowest BCUT2D eigenvalue weighted by molar-refractivity contribution is 0.0468.